The van der Waals surface area contributed by atoms with E-state index in [2.05, 4.69) is 10.3 Å². The molecule has 1 saturated heterocycles. The molecule has 0 amide bonds. The van der Waals surface area contributed by atoms with Crippen LogP contribution in [0.5, 0.6) is 0 Å². The van der Waals surface area contributed by atoms with Crippen molar-refractivity contribution in [2.24, 2.45) is 0 Å². The molecule has 32 heavy (non-hydrogen) atoms. The van der Waals surface area contributed by atoms with E-state index in [-0.39, 0.29) is 21.7 Å². The third-order valence-corrected chi connectivity index (χ3v) is 7.40. The molecule has 0 saturated carbocycles. The molecule has 2 N–H and O–H groups in total. The molecule has 2 aromatic carbocycles. The third kappa shape index (κ3) is 5.32. The number of ether oxygens (including phenoxy) is 1. The number of quaternary nitrogens is 1. The van der Waals surface area contributed by atoms with Gasteiger partial charge in [0.05, 0.1) is 24.7 Å². The summed E-state index contributed by atoms with van der Waals surface area (Å²) in [6.45, 7) is 7.04. The quantitative estimate of drug-likeness (QED) is 0.486. The number of hydrogen-bond donors (Lipinski definition) is 2. The Balaban J connectivity index is 1.58. The van der Waals surface area contributed by atoms with E-state index in [1.807, 2.05) is 6.92 Å². The van der Waals surface area contributed by atoms with E-state index < -0.39 is 9.84 Å². The lowest BCUT2D eigenvalue weighted by molar-refractivity contribution is -0.908. The summed E-state index contributed by atoms with van der Waals surface area (Å²) in [5.74, 6) is 0.390. The SMILES string of the molecule is Cc1ccc(S(=O)(=O)c2nc(-c3ccc(Cl)cc3)oc2NCCC[NH+]2CCOCC2)cc1. The van der Waals surface area contributed by atoms with Crippen LogP contribution in [0.25, 0.3) is 11.5 Å². The zero-order chi connectivity index (χ0) is 22.6. The average Bonchev–Trinajstić information content (AvgIpc) is 3.23. The van der Waals surface area contributed by atoms with Gasteiger partial charge in [-0.05, 0) is 43.3 Å². The molecule has 0 radical (unpaired) electrons. The number of aryl methyl sites for hydroxylation is 1. The van der Waals surface area contributed by atoms with Gasteiger partial charge in [-0.2, -0.15) is 4.98 Å². The van der Waals surface area contributed by atoms with E-state index in [4.69, 9.17) is 20.8 Å². The lowest BCUT2D eigenvalue weighted by Crippen LogP contribution is -3.14. The molecule has 0 bridgehead atoms. The highest BCUT2D eigenvalue weighted by Gasteiger charge is 2.28. The van der Waals surface area contributed by atoms with Crippen LogP contribution in [0.1, 0.15) is 12.0 Å². The Labute approximate surface area is 193 Å². The Hall–Kier alpha value is -2.39. The van der Waals surface area contributed by atoms with E-state index in [1.54, 1.807) is 48.5 Å². The van der Waals surface area contributed by atoms with Gasteiger partial charge in [0, 0.05) is 23.6 Å². The average molecular weight is 477 g/mol. The van der Waals surface area contributed by atoms with Crippen LogP contribution in [0.4, 0.5) is 5.88 Å². The molecule has 0 spiro atoms. The molecule has 0 aliphatic carbocycles. The van der Waals surface area contributed by atoms with E-state index in [9.17, 15) is 8.42 Å². The number of nitrogens with zero attached hydrogens (tertiary/aromatic N) is 1. The fourth-order valence-corrected chi connectivity index (χ4v) is 5.00. The number of morpholine rings is 1. The maximum Gasteiger partial charge on any atom is 0.233 e. The van der Waals surface area contributed by atoms with Crippen LogP contribution < -0.4 is 10.2 Å². The Morgan fingerprint density at radius 2 is 1.75 bits per heavy atom. The van der Waals surface area contributed by atoms with Crippen LogP contribution in [0.3, 0.4) is 0 Å². The van der Waals surface area contributed by atoms with Gasteiger partial charge >= 0.3 is 0 Å². The highest BCUT2D eigenvalue weighted by Crippen LogP contribution is 2.32. The van der Waals surface area contributed by atoms with Crippen LogP contribution in [-0.2, 0) is 14.6 Å². The number of rotatable bonds is 8. The molecule has 0 atom stereocenters. The van der Waals surface area contributed by atoms with Crippen LogP contribution in [-0.4, -0.2) is 52.8 Å². The van der Waals surface area contributed by atoms with Gasteiger partial charge in [0.2, 0.25) is 26.6 Å². The number of halogens is 1. The van der Waals surface area contributed by atoms with Crippen molar-refractivity contribution in [3.05, 3.63) is 59.1 Å². The summed E-state index contributed by atoms with van der Waals surface area (Å²) in [4.78, 5) is 6.04. The van der Waals surface area contributed by atoms with E-state index in [0.29, 0.717) is 17.1 Å². The van der Waals surface area contributed by atoms with Crippen molar-refractivity contribution >= 4 is 27.3 Å². The Morgan fingerprint density at radius 1 is 1.06 bits per heavy atom. The second kappa shape index (κ2) is 10.0. The number of oxazole rings is 1. The molecule has 1 fully saturated rings. The Kier molecular flexibility index (Phi) is 7.15. The first kappa shape index (κ1) is 22.8. The van der Waals surface area contributed by atoms with Gasteiger partial charge in [0.15, 0.2) is 0 Å². The number of anilines is 1. The van der Waals surface area contributed by atoms with Crippen LogP contribution in [0.2, 0.25) is 5.02 Å². The maximum absolute atomic E-state index is 13.3. The summed E-state index contributed by atoms with van der Waals surface area (Å²) in [7, 11) is -3.85. The zero-order valence-electron chi connectivity index (χ0n) is 17.9. The predicted molar refractivity (Wildman–Crippen MR) is 123 cm³/mol. The maximum atomic E-state index is 13.3. The molecule has 170 valence electrons. The first-order chi connectivity index (χ1) is 15.4. The molecule has 1 aliphatic heterocycles. The molecule has 3 aromatic rings. The van der Waals surface area contributed by atoms with Gasteiger partial charge in [-0.25, -0.2) is 8.42 Å². The monoisotopic (exact) mass is 476 g/mol. The van der Waals surface area contributed by atoms with Gasteiger partial charge in [-0.3, -0.25) is 0 Å². The van der Waals surface area contributed by atoms with Crippen molar-refractivity contribution in [3.63, 3.8) is 0 Å². The number of benzene rings is 2. The van der Waals surface area contributed by atoms with Crippen molar-refractivity contribution in [2.45, 2.75) is 23.3 Å². The zero-order valence-corrected chi connectivity index (χ0v) is 19.5. The van der Waals surface area contributed by atoms with Gasteiger partial charge in [0.1, 0.15) is 13.1 Å². The van der Waals surface area contributed by atoms with E-state index in [0.717, 1.165) is 44.8 Å². The van der Waals surface area contributed by atoms with Crippen LogP contribution in [0, 0.1) is 6.92 Å². The number of nitrogens with one attached hydrogen (secondary N) is 2. The highest BCUT2D eigenvalue weighted by atomic mass is 35.5. The van der Waals surface area contributed by atoms with Crippen molar-refractivity contribution < 1.29 is 22.5 Å². The molecule has 7 nitrogen and oxygen atoms in total. The van der Waals surface area contributed by atoms with Crippen molar-refractivity contribution in [3.8, 4) is 11.5 Å². The fraction of sp³-hybridized carbons (Fsp3) is 0.348. The number of aromatic nitrogens is 1. The minimum absolute atomic E-state index is 0.106. The summed E-state index contributed by atoms with van der Waals surface area (Å²) < 4.78 is 38.0. The normalized spacial score (nSPS) is 15.1. The molecule has 1 aliphatic rings. The summed E-state index contributed by atoms with van der Waals surface area (Å²) in [5, 5.41) is 3.64. The molecule has 9 heteroatoms. The van der Waals surface area contributed by atoms with Crippen LogP contribution >= 0.6 is 11.6 Å². The minimum atomic E-state index is -3.85. The second-order valence-corrected chi connectivity index (χ2v) is 10.2. The Bertz CT molecular complexity index is 1140. The highest BCUT2D eigenvalue weighted by molar-refractivity contribution is 7.91. The number of hydrogen-bond acceptors (Lipinski definition) is 6. The molecule has 4 rings (SSSR count). The summed E-state index contributed by atoms with van der Waals surface area (Å²) >= 11 is 5.98. The fourth-order valence-electron chi connectivity index (χ4n) is 3.60. The molecular formula is C23H27ClN3O4S+. The van der Waals surface area contributed by atoms with Crippen molar-refractivity contribution in [1.29, 1.82) is 0 Å². The topological polar surface area (TPSA) is 85.9 Å². The Morgan fingerprint density at radius 3 is 2.44 bits per heavy atom. The van der Waals surface area contributed by atoms with Crippen molar-refractivity contribution in [2.75, 3.05) is 44.7 Å². The standard InChI is InChI=1S/C23H26ClN3O4S/c1-17-3-9-20(10-4-17)32(28,29)23-22(25-11-2-12-27-13-15-30-16-14-27)31-21(26-23)18-5-7-19(24)8-6-18/h3-10,25H,2,11-16H2,1H3/p+1. The summed E-state index contributed by atoms with van der Waals surface area (Å²) in [5.41, 5.74) is 1.63. The van der Waals surface area contributed by atoms with Gasteiger partial charge in [-0.1, -0.05) is 29.3 Å². The van der Waals surface area contributed by atoms with Gasteiger partial charge < -0.3 is 19.4 Å². The first-order valence-electron chi connectivity index (χ1n) is 10.7. The third-order valence-electron chi connectivity index (χ3n) is 5.47. The molecular weight excluding hydrogens is 450 g/mol. The van der Waals surface area contributed by atoms with E-state index >= 15 is 0 Å². The van der Waals surface area contributed by atoms with Gasteiger partial charge in [0.25, 0.3) is 0 Å². The lowest BCUT2D eigenvalue weighted by Gasteiger charge is -2.23. The second-order valence-electron chi connectivity index (χ2n) is 7.87. The van der Waals surface area contributed by atoms with Crippen molar-refractivity contribution in [1.82, 2.24) is 4.98 Å². The molecule has 1 aromatic heterocycles. The summed E-state index contributed by atoms with van der Waals surface area (Å²) in [6.07, 6.45) is 0.871. The van der Waals surface area contributed by atoms with Crippen LogP contribution in [0.15, 0.2) is 62.9 Å². The van der Waals surface area contributed by atoms with Gasteiger partial charge in [-0.15, -0.1) is 0 Å². The largest absolute Gasteiger partial charge is 0.419 e. The van der Waals surface area contributed by atoms with E-state index in [1.165, 1.54) is 4.90 Å². The number of sulfone groups is 1. The lowest BCUT2D eigenvalue weighted by atomic mass is 10.2. The molecule has 0 unspecified atom stereocenters. The summed E-state index contributed by atoms with van der Waals surface area (Å²) in [6, 6.07) is 13.7. The predicted octanol–water partition coefficient (Wildman–Crippen LogP) is 2.85. The minimum Gasteiger partial charge on any atom is -0.419 e. The smallest absolute Gasteiger partial charge is 0.233 e. The molecule has 2 heterocycles. The first-order valence-corrected chi connectivity index (χ1v) is 12.5.